The number of hydrogen-bond donors (Lipinski definition) is 1. The van der Waals surface area contributed by atoms with Crippen LogP contribution in [-0.4, -0.2) is 18.4 Å². The number of rotatable bonds is 6. The van der Waals surface area contributed by atoms with Crippen molar-refractivity contribution in [2.24, 2.45) is 0 Å². The largest absolute Gasteiger partial charge is 0.416 e. The molecule has 0 aliphatic rings. The van der Waals surface area contributed by atoms with E-state index in [1.54, 1.807) is 6.07 Å². The van der Waals surface area contributed by atoms with E-state index >= 15 is 0 Å². The predicted octanol–water partition coefficient (Wildman–Crippen LogP) is 4.65. The van der Waals surface area contributed by atoms with Crippen LogP contribution in [0.15, 0.2) is 48.5 Å². The quantitative estimate of drug-likeness (QED) is 0.796. The maximum atomic E-state index is 12.7. The highest BCUT2D eigenvalue weighted by Crippen LogP contribution is 2.30. The van der Waals surface area contributed by atoms with Gasteiger partial charge in [-0.2, -0.15) is 13.2 Å². The van der Waals surface area contributed by atoms with Crippen LogP contribution in [0.2, 0.25) is 0 Å². The van der Waals surface area contributed by atoms with Crippen molar-refractivity contribution in [3.63, 3.8) is 0 Å². The van der Waals surface area contributed by atoms with E-state index in [9.17, 15) is 22.8 Å². The molecule has 0 aliphatic carbocycles. The summed E-state index contributed by atoms with van der Waals surface area (Å²) >= 11 is 0. The van der Waals surface area contributed by atoms with Crippen molar-refractivity contribution in [3.05, 3.63) is 59.7 Å². The van der Waals surface area contributed by atoms with E-state index in [1.807, 2.05) is 25.1 Å². The number of anilines is 2. The normalized spacial score (nSPS) is 11.1. The van der Waals surface area contributed by atoms with Crippen LogP contribution in [0.5, 0.6) is 0 Å². The van der Waals surface area contributed by atoms with Crippen LogP contribution in [0.4, 0.5) is 24.5 Å². The first-order valence-electron chi connectivity index (χ1n) is 8.55. The van der Waals surface area contributed by atoms with E-state index in [4.69, 9.17) is 0 Å². The highest BCUT2D eigenvalue weighted by Gasteiger charge is 2.30. The minimum atomic E-state index is -4.44. The lowest BCUT2D eigenvalue weighted by molar-refractivity contribution is -0.137. The van der Waals surface area contributed by atoms with Gasteiger partial charge in [0.25, 0.3) is 0 Å². The topological polar surface area (TPSA) is 49.4 Å². The van der Waals surface area contributed by atoms with Gasteiger partial charge in [0, 0.05) is 31.3 Å². The van der Waals surface area contributed by atoms with Crippen molar-refractivity contribution in [2.45, 2.75) is 32.9 Å². The Morgan fingerprint density at radius 3 is 2.22 bits per heavy atom. The molecule has 0 spiro atoms. The number of carbonyl (C=O) groups excluding carboxylic acids is 2. The monoisotopic (exact) mass is 378 g/mol. The number of amides is 2. The van der Waals surface area contributed by atoms with Crippen LogP contribution in [-0.2, 0) is 22.2 Å². The number of nitrogens with zero attached hydrogens (tertiary/aromatic N) is 1. The van der Waals surface area contributed by atoms with Crippen LogP contribution in [0.3, 0.4) is 0 Å². The van der Waals surface area contributed by atoms with Crippen molar-refractivity contribution < 1.29 is 22.8 Å². The van der Waals surface area contributed by atoms with Crippen molar-refractivity contribution >= 4 is 23.2 Å². The summed E-state index contributed by atoms with van der Waals surface area (Å²) in [5, 5.41) is 2.81. The fourth-order valence-corrected chi connectivity index (χ4v) is 2.68. The van der Waals surface area contributed by atoms with Crippen LogP contribution in [0, 0.1) is 0 Å². The molecule has 0 atom stereocenters. The first kappa shape index (κ1) is 20.5. The summed E-state index contributed by atoms with van der Waals surface area (Å²) in [6.07, 6.45) is -3.65. The summed E-state index contributed by atoms with van der Waals surface area (Å²) in [5.41, 5.74) is 1.24. The van der Waals surface area contributed by atoms with Crippen molar-refractivity contribution in [3.8, 4) is 0 Å². The Kier molecular flexibility index (Phi) is 6.60. The second kappa shape index (κ2) is 8.70. The van der Waals surface area contributed by atoms with E-state index in [2.05, 4.69) is 5.32 Å². The standard InChI is InChI=1S/C20H21F3N2O2/c1-3-15-6-4-5-7-18(15)24-19(27)12-13-25(14(2)26)17-10-8-16(9-11-17)20(21,22)23/h4-11H,3,12-13H2,1-2H3,(H,24,27). The third-order valence-electron chi connectivity index (χ3n) is 4.12. The molecular weight excluding hydrogens is 357 g/mol. The Balaban J connectivity index is 2.04. The molecule has 7 heteroatoms. The van der Waals surface area contributed by atoms with Crippen LogP contribution < -0.4 is 10.2 Å². The summed E-state index contributed by atoms with van der Waals surface area (Å²) in [6, 6.07) is 11.7. The number of benzene rings is 2. The summed E-state index contributed by atoms with van der Waals surface area (Å²) in [7, 11) is 0. The molecule has 144 valence electrons. The fourth-order valence-electron chi connectivity index (χ4n) is 2.68. The van der Waals surface area contributed by atoms with Crippen LogP contribution >= 0.6 is 0 Å². The average molecular weight is 378 g/mol. The zero-order valence-corrected chi connectivity index (χ0v) is 15.1. The van der Waals surface area contributed by atoms with Gasteiger partial charge in [-0.3, -0.25) is 9.59 Å². The highest BCUT2D eigenvalue weighted by atomic mass is 19.4. The molecule has 27 heavy (non-hydrogen) atoms. The van der Waals surface area contributed by atoms with Gasteiger partial charge in [-0.15, -0.1) is 0 Å². The van der Waals surface area contributed by atoms with E-state index in [1.165, 1.54) is 24.0 Å². The molecule has 0 aromatic heterocycles. The highest BCUT2D eigenvalue weighted by molar-refractivity contribution is 5.95. The fraction of sp³-hybridized carbons (Fsp3) is 0.300. The lowest BCUT2D eigenvalue weighted by Crippen LogP contribution is -2.32. The summed E-state index contributed by atoms with van der Waals surface area (Å²) < 4.78 is 38.0. The molecule has 1 N–H and O–H groups in total. The number of para-hydroxylation sites is 1. The van der Waals surface area contributed by atoms with Gasteiger partial charge in [0.2, 0.25) is 11.8 Å². The Labute approximate surface area is 156 Å². The minimum Gasteiger partial charge on any atom is -0.326 e. The van der Waals surface area contributed by atoms with E-state index < -0.39 is 11.7 Å². The summed E-state index contributed by atoms with van der Waals surface area (Å²) in [6.45, 7) is 3.36. The number of hydrogen-bond acceptors (Lipinski definition) is 2. The second-order valence-corrected chi connectivity index (χ2v) is 6.02. The molecule has 0 fully saturated rings. The zero-order valence-electron chi connectivity index (χ0n) is 15.1. The summed E-state index contributed by atoms with van der Waals surface area (Å²) in [5.74, 6) is -0.620. The Bertz CT molecular complexity index is 802. The van der Waals surface area contributed by atoms with Crippen molar-refractivity contribution in [1.29, 1.82) is 0 Å². The first-order valence-corrected chi connectivity index (χ1v) is 8.55. The van der Waals surface area contributed by atoms with Gasteiger partial charge in [0.05, 0.1) is 5.56 Å². The lowest BCUT2D eigenvalue weighted by atomic mass is 10.1. The molecule has 2 rings (SSSR count). The van der Waals surface area contributed by atoms with Gasteiger partial charge >= 0.3 is 6.18 Å². The van der Waals surface area contributed by atoms with Gasteiger partial charge in [-0.25, -0.2) is 0 Å². The average Bonchev–Trinajstić information content (AvgIpc) is 2.61. The van der Waals surface area contributed by atoms with Gasteiger partial charge in [0.15, 0.2) is 0 Å². The smallest absolute Gasteiger partial charge is 0.326 e. The number of alkyl halides is 3. The molecule has 2 amide bonds. The SMILES string of the molecule is CCc1ccccc1NC(=O)CCN(C(C)=O)c1ccc(C(F)(F)F)cc1. The maximum absolute atomic E-state index is 12.7. The molecule has 0 bridgehead atoms. The number of carbonyl (C=O) groups is 2. The van der Waals surface area contributed by atoms with Gasteiger partial charge < -0.3 is 10.2 Å². The third-order valence-corrected chi connectivity index (χ3v) is 4.12. The Morgan fingerprint density at radius 1 is 1.04 bits per heavy atom. The predicted molar refractivity (Wildman–Crippen MR) is 98.5 cm³/mol. The van der Waals surface area contributed by atoms with Crippen LogP contribution in [0.1, 0.15) is 31.4 Å². The molecule has 0 aliphatic heterocycles. The molecule has 4 nitrogen and oxygen atoms in total. The maximum Gasteiger partial charge on any atom is 0.416 e. The molecule has 0 radical (unpaired) electrons. The van der Waals surface area contributed by atoms with Gasteiger partial charge in [-0.05, 0) is 42.3 Å². The van der Waals surface area contributed by atoms with E-state index in [0.717, 1.165) is 24.1 Å². The molecule has 2 aromatic carbocycles. The number of aryl methyl sites for hydroxylation is 1. The Morgan fingerprint density at radius 2 is 1.67 bits per heavy atom. The number of halogens is 3. The number of nitrogens with one attached hydrogen (secondary N) is 1. The van der Waals surface area contributed by atoms with E-state index in [0.29, 0.717) is 11.4 Å². The van der Waals surface area contributed by atoms with Gasteiger partial charge in [0.1, 0.15) is 0 Å². The van der Waals surface area contributed by atoms with E-state index in [-0.39, 0.29) is 24.8 Å². The third kappa shape index (κ3) is 5.57. The van der Waals surface area contributed by atoms with Crippen LogP contribution in [0.25, 0.3) is 0 Å². The zero-order chi connectivity index (χ0) is 20.0. The molecule has 0 saturated carbocycles. The molecule has 2 aromatic rings. The minimum absolute atomic E-state index is 0.0264. The summed E-state index contributed by atoms with van der Waals surface area (Å²) in [4.78, 5) is 25.4. The molecule has 0 saturated heterocycles. The van der Waals surface area contributed by atoms with Gasteiger partial charge in [-0.1, -0.05) is 25.1 Å². The second-order valence-electron chi connectivity index (χ2n) is 6.02. The molecular formula is C20H21F3N2O2. The van der Waals surface area contributed by atoms with Crippen molar-refractivity contribution in [2.75, 3.05) is 16.8 Å². The lowest BCUT2D eigenvalue weighted by Gasteiger charge is -2.21. The first-order chi connectivity index (χ1) is 12.7. The van der Waals surface area contributed by atoms with Crippen molar-refractivity contribution in [1.82, 2.24) is 0 Å². The Hall–Kier alpha value is -2.83. The molecule has 0 unspecified atom stereocenters. The molecule has 0 heterocycles.